The van der Waals surface area contributed by atoms with E-state index in [1.807, 2.05) is 43.3 Å². The van der Waals surface area contributed by atoms with Crippen molar-refractivity contribution in [2.75, 3.05) is 13.1 Å². The van der Waals surface area contributed by atoms with Crippen LogP contribution in [0.1, 0.15) is 34.5 Å². The highest BCUT2D eigenvalue weighted by Gasteiger charge is 2.25. The van der Waals surface area contributed by atoms with Gasteiger partial charge in [-0.15, -0.1) is 0 Å². The number of furan rings is 1. The van der Waals surface area contributed by atoms with Crippen molar-refractivity contribution in [1.29, 1.82) is 0 Å². The topological polar surface area (TPSA) is 46.7 Å². The normalized spacial score (nSPS) is 19.3. The number of benzene rings is 2. The Hall–Kier alpha value is -2.85. The predicted octanol–water partition coefficient (Wildman–Crippen LogP) is 3.23. The van der Waals surface area contributed by atoms with E-state index in [4.69, 9.17) is 4.42 Å². The van der Waals surface area contributed by atoms with Crippen molar-refractivity contribution < 1.29 is 14.1 Å². The first-order valence-electron chi connectivity index (χ1n) is 10.0. The number of carbonyl (C=O) groups is 1. The molecule has 2 aromatic carbocycles. The molecule has 1 amide bonds. The van der Waals surface area contributed by atoms with Gasteiger partial charge in [0.1, 0.15) is 18.1 Å². The number of amides is 1. The van der Waals surface area contributed by atoms with Crippen LogP contribution in [-0.4, -0.2) is 25.0 Å². The molecule has 4 nitrogen and oxygen atoms in total. The third-order valence-electron chi connectivity index (χ3n) is 5.55. The first kappa shape index (κ1) is 18.5. The molecular weight excluding hydrogens is 348 g/mol. The van der Waals surface area contributed by atoms with Crippen molar-refractivity contribution >= 4 is 5.91 Å². The number of carbonyl (C=O) groups excluding carboxylic acids is 1. The molecule has 1 aliphatic rings. The second kappa shape index (κ2) is 8.44. The zero-order valence-corrected chi connectivity index (χ0v) is 16.3. The highest BCUT2D eigenvalue weighted by molar-refractivity contribution is 5.96. The summed E-state index contributed by atoms with van der Waals surface area (Å²) in [5, 5.41) is 3.21. The van der Waals surface area contributed by atoms with Crippen molar-refractivity contribution in [3.05, 3.63) is 83.6 Å². The lowest BCUT2D eigenvalue weighted by atomic mass is 10.0. The Morgan fingerprint density at radius 3 is 2.36 bits per heavy atom. The van der Waals surface area contributed by atoms with E-state index in [-0.39, 0.29) is 11.9 Å². The average Bonchev–Trinajstić information content (AvgIpc) is 3.13. The Morgan fingerprint density at radius 2 is 1.68 bits per heavy atom. The van der Waals surface area contributed by atoms with Crippen LogP contribution in [0.4, 0.5) is 0 Å². The molecule has 1 fully saturated rings. The molecule has 4 heteroatoms. The van der Waals surface area contributed by atoms with Gasteiger partial charge in [0.15, 0.2) is 0 Å². The van der Waals surface area contributed by atoms with E-state index in [0.717, 1.165) is 43.8 Å². The number of nitrogens with one attached hydrogen (secondary N) is 2. The number of rotatable bonds is 5. The summed E-state index contributed by atoms with van der Waals surface area (Å²) in [6.45, 7) is 5.08. The van der Waals surface area contributed by atoms with Crippen LogP contribution in [-0.2, 0) is 6.54 Å². The lowest BCUT2D eigenvalue weighted by Crippen LogP contribution is -3.12. The zero-order chi connectivity index (χ0) is 19.3. The first-order chi connectivity index (χ1) is 13.7. The van der Waals surface area contributed by atoms with Gasteiger partial charge in [0.2, 0.25) is 0 Å². The largest absolute Gasteiger partial charge is 0.461 e. The Morgan fingerprint density at radius 1 is 1.04 bits per heavy atom. The second-order valence-corrected chi connectivity index (χ2v) is 7.61. The van der Waals surface area contributed by atoms with Gasteiger partial charge >= 0.3 is 0 Å². The summed E-state index contributed by atoms with van der Waals surface area (Å²) >= 11 is 0. The summed E-state index contributed by atoms with van der Waals surface area (Å²) in [4.78, 5) is 14.4. The second-order valence-electron chi connectivity index (χ2n) is 7.61. The molecule has 1 aliphatic heterocycles. The van der Waals surface area contributed by atoms with E-state index >= 15 is 0 Å². The molecule has 144 valence electrons. The van der Waals surface area contributed by atoms with Crippen LogP contribution in [0.25, 0.3) is 11.3 Å². The Kier molecular flexibility index (Phi) is 5.58. The molecular formula is C24H27N2O2+. The van der Waals surface area contributed by atoms with Crippen molar-refractivity contribution in [1.82, 2.24) is 5.32 Å². The molecule has 0 spiro atoms. The van der Waals surface area contributed by atoms with Crippen LogP contribution in [0.15, 0.2) is 71.1 Å². The zero-order valence-electron chi connectivity index (χ0n) is 16.3. The molecule has 3 aromatic rings. The molecule has 1 aromatic heterocycles. The number of piperidine rings is 1. The number of aryl methyl sites for hydroxylation is 1. The Balaban J connectivity index is 1.33. The minimum Gasteiger partial charge on any atom is -0.461 e. The van der Waals surface area contributed by atoms with Gasteiger partial charge in [0.05, 0.1) is 18.7 Å². The molecule has 0 unspecified atom stereocenters. The highest BCUT2D eigenvalue weighted by Crippen LogP contribution is 2.25. The number of quaternary nitrogens is 1. The Labute approximate surface area is 166 Å². The maximum absolute atomic E-state index is 12.8. The van der Waals surface area contributed by atoms with Gasteiger partial charge in [-0.2, -0.15) is 0 Å². The molecule has 0 radical (unpaired) electrons. The molecule has 0 bridgehead atoms. The fraction of sp³-hybridized carbons (Fsp3) is 0.292. The first-order valence-corrected chi connectivity index (χ1v) is 10.0. The summed E-state index contributed by atoms with van der Waals surface area (Å²) in [6, 6.07) is 22.6. The molecule has 2 N–H and O–H groups in total. The molecule has 2 heterocycles. The molecule has 28 heavy (non-hydrogen) atoms. The molecule has 0 saturated carbocycles. The van der Waals surface area contributed by atoms with Crippen LogP contribution in [0, 0.1) is 6.92 Å². The molecule has 4 rings (SSSR count). The minimum atomic E-state index is -0.0278. The maximum Gasteiger partial charge on any atom is 0.255 e. The number of hydrogen-bond donors (Lipinski definition) is 2. The predicted molar refractivity (Wildman–Crippen MR) is 110 cm³/mol. The fourth-order valence-corrected chi connectivity index (χ4v) is 3.95. The van der Waals surface area contributed by atoms with Gasteiger partial charge in [-0.05, 0) is 13.0 Å². The maximum atomic E-state index is 12.8. The summed E-state index contributed by atoms with van der Waals surface area (Å²) in [5.74, 6) is 1.38. The molecule has 0 aliphatic carbocycles. The summed E-state index contributed by atoms with van der Waals surface area (Å²) < 4.78 is 5.83. The molecule has 0 atom stereocenters. The monoisotopic (exact) mass is 375 g/mol. The third kappa shape index (κ3) is 4.34. The summed E-state index contributed by atoms with van der Waals surface area (Å²) in [7, 11) is 0. The van der Waals surface area contributed by atoms with Crippen LogP contribution in [0.2, 0.25) is 0 Å². The summed E-state index contributed by atoms with van der Waals surface area (Å²) in [6.07, 6.45) is 2.02. The number of likely N-dealkylation sites (tertiary alicyclic amines) is 1. The quantitative estimate of drug-likeness (QED) is 0.719. The minimum absolute atomic E-state index is 0.0278. The van der Waals surface area contributed by atoms with Crippen molar-refractivity contribution in [2.24, 2.45) is 0 Å². The average molecular weight is 375 g/mol. The van der Waals surface area contributed by atoms with E-state index in [1.54, 1.807) is 4.90 Å². The standard InChI is InChI=1S/C24H26N2O2/c1-18-22(16-23(28-18)20-10-6-3-7-11-20)24(27)25-21-12-14-26(15-13-21)17-19-8-4-2-5-9-19/h2-11,16,21H,12-15,17H2,1H3,(H,25,27)/p+1. The van der Waals surface area contributed by atoms with E-state index in [1.165, 1.54) is 5.56 Å². The Bertz CT molecular complexity index is 910. The number of hydrogen-bond acceptors (Lipinski definition) is 2. The van der Waals surface area contributed by atoms with Gasteiger partial charge in [-0.3, -0.25) is 4.79 Å². The van der Waals surface area contributed by atoms with E-state index in [0.29, 0.717) is 11.3 Å². The van der Waals surface area contributed by atoms with Crippen molar-refractivity contribution in [3.63, 3.8) is 0 Å². The van der Waals surface area contributed by atoms with Crippen LogP contribution < -0.4 is 10.2 Å². The van der Waals surface area contributed by atoms with Gasteiger partial charge < -0.3 is 14.6 Å². The van der Waals surface area contributed by atoms with E-state index < -0.39 is 0 Å². The van der Waals surface area contributed by atoms with Gasteiger partial charge in [-0.1, -0.05) is 60.7 Å². The van der Waals surface area contributed by atoms with Crippen LogP contribution >= 0.6 is 0 Å². The van der Waals surface area contributed by atoms with Crippen molar-refractivity contribution in [3.8, 4) is 11.3 Å². The van der Waals surface area contributed by atoms with Crippen LogP contribution in [0.5, 0.6) is 0 Å². The van der Waals surface area contributed by atoms with Gasteiger partial charge in [-0.25, -0.2) is 0 Å². The van der Waals surface area contributed by atoms with Gasteiger partial charge in [0.25, 0.3) is 5.91 Å². The summed E-state index contributed by atoms with van der Waals surface area (Å²) in [5.41, 5.74) is 3.00. The SMILES string of the molecule is Cc1oc(-c2ccccc2)cc1C(=O)NC1CC[NH+](Cc2ccccc2)CC1. The highest BCUT2D eigenvalue weighted by atomic mass is 16.3. The van der Waals surface area contributed by atoms with Crippen molar-refractivity contribution in [2.45, 2.75) is 32.4 Å². The smallest absolute Gasteiger partial charge is 0.255 e. The van der Waals surface area contributed by atoms with E-state index in [9.17, 15) is 4.79 Å². The third-order valence-corrected chi connectivity index (χ3v) is 5.55. The lowest BCUT2D eigenvalue weighted by Gasteiger charge is -2.29. The molecule has 1 saturated heterocycles. The van der Waals surface area contributed by atoms with Crippen LogP contribution in [0.3, 0.4) is 0 Å². The van der Waals surface area contributed by atoms with E-state index in [2.05, 4.69) is 35.6 Å². The van der Waals surface area contributed by atoms with Gasteiger partial charge in [0, 0.05) is 30.0 Å². The lowest BCUT2D eigenvalue weighted by molar-refractivity contribution is -0.918. The fourth-order valence-electron chi connectivity index (χ4n) is 3.95.